The molecule has 0 bridgehead atoms. The molecule has 2 rings (SSSR count). The fraction of sp³-hybridized carbons (Fsp3) is 0.533. The number of hydrogen-bond donors (Lipinski definition) is 1. The molecule has 1 saturated heterocycles. The second-order valence-electron chi connectivity index (χ2n) is 5.23. The summed E-state index contributed by atoms with van der Waals surface area (Å²) in [5, 5.41) is 2.80. The number of rotatable bonds is 5. The van der Waals surface area contributed by atoms with E-state index in [2.05, 4.69) is 5.32 Å². The molecule has 7 heteroatoms. The Balaban J connectivity index is 2.00. The van der Waals surface area contributed by atoms with Crippen LogP contribution in [0, 0.1) is 0 Å². The summed E-state index contributed by atoms with van der Waals surface area (Å²) in [5.41, 5.74) is 0.660. The van der Waals surface area contributed by atoms with Gasteiger partial charge < -0.3 is 15.0 Å². The van der Waals surface area contributed by atoms with Crippen molar-refractivity contribution in [3.8, 4) is 5.75 Å². The summed E-state index contributed by atoms with van der Waals surface area (Å²) >= 11 is 0. The lowest BCUT2D eigenvalue weighted by Gasteiger charge is -2.27. The highest BCUT2D eigenvalue weighted by Gasteiger charge is 2.33. The van der Waals surface area contributed by atoms with Crippen LogP contribution in [-0.2, 0) is 9.84 Å². The van der Waals surface area contributed by atoms with E-state index < -0.39 is 9.84 Å². The van der Waals surface area contributed by atoms with E-state index in [1.165, 1.54) is 0 Å². The second-order valence-corrected chi connectivity index (χ2v) is 7.46. The van der Waals surface area contributed by atoms with Gasteiger partial charge in [-0.05, 0) is 44.5 Å². The Morgan fingerprint density at radius 2 is 2.00 bits per heavy atom. The minimum Gasteiger partial charge on any atom is -0.494 e. The van der Waals surface area contributed by atoms with Crippen molar-refractivity contribution in [2.24, 2.45) is 0 Å². The number of sulfone groups is 1. The Morgan fingerprint density at radius 1 is 1.32 bits per heavy atom. The average Bonchev–Trinajstić information content (AvgIpc) is 2.82. The summed E-state index contributed by atoms with van der Waals surface area (Å²) in [4.78, 5) is 13.9. The van der Waals surface area contributed by atoms with E-state index >= 15 is 0 Å². The van der Waals surface area contributed by atoms with Crippen LogP contribution in [-0.4, -0.2) is 50.0 Å². The van der Waals surface area contributed by atoms with Gasteiger partial charge in [0.15, 0.2) is 9.84 Å². The van der Waals surface area contributed by atoms with Crippen LogP contribution in [0.15, 0.2) is 24.3 Å². The Labute approximate surface area is 131 Å². The van der Waals surface area contributed by atoms with Gasteiger partial charge in [0.05, 0.1) is 18.1 Å². The van der Waals surface area contributed by atoms with Gasteiger partial charge in [-0.15, -0.1) is 0 Å². The molecule has 1 aromatic rings. The number of hydrogen-bond acceptors (Lipinski definition) is 4. The SMILES string of the molecule is CCOc1ccc(NC(=O)N(CC)C2CCS(=O)(=O)C2)cc1. The van der Waals surface area contributed by atoms with Gasteiger partial charge in [-0.3, -0.25) is 0 Å². The molecule has 1 aliphatic rings. The van der Waals surface area contributed by atoms with Crippen molar-refractivity contribution in [2.75, 3.05) is 30.0 Å². The first-order valence-corrected chi connectivity index (χ1v) is 9.28. The van der Waals surface area contributed by atoms with Gasteiger partial charge in [-0.1, -0.05) is 0 Å². The van der Waals surface area contributed by atoms with Crippen LogP contribution in [0.25, 0.3) is 0 Å². The smallest absolute Gasteiger partial charge is 0.322 e. The number of nitrogens with one attached hydrogen (secondary N) is 1. The molecule has 0 saturated carbocycles. The summed E-state index contributed by atoms with van der Waals surface area (Å²) in [6, 6.07) is 6.60. The third kappa shape index (κ3) is 4.13. The molecule has 1 heterocycles. The predicted octanol–water partition coefficient (Wildman–Crippen LogP) is 2.13. The Bertz CT molecular complexity index is 613. The Kier molecular flexibility index (Phi) is 5.28. The molecule has 1 atom stereocenters. The fourth-order valence-electron chi connectivity index (χ4n) is 2.59. The van der Waals surface area contributed by atoms with Crippen LogP contribution in [0.1, 0.15) is 20.3 Å². The van der Waals surface area contributed by atoms with Crippen molar-refractivity contribution < 1.29 is 17.9 Å². The van der Waals surface area contributed by atoms with Gasteiger partial charge >= 0.3 is 6.03 Å². The molecule has 1 unspecified atom stereocenters. The van der Waals surface area contributed by atoms with Crippen molar-refractivity contribution in [2.45, 2.75) is 26.3 Å². The average molecular weight is 326 g/mol. The molecule has 2 amide bonds. The summed E-state index contributed by atoms with van der Waals surface area (Å²) < 4.78 is 28.5. The van der Waals surface area contributed by atoms with Gasteiger partial charge in [-0.25, -0.2) is 13.2 Å². The fourth-order valence-corrected chi connectivity index (χ4v) is 4.32. The number of carbonyl (C=O) groups excluding carboxylic acids is 1. The highest BCUT2D eigenvalue weighted by Crippen LogP contribution is 2.20. The standard InChI is InChI=1S/C15H22N2O4S/c1-3-17(13-9-10-22(19,20)11-13)15(18)16-12-5-7-14(8-6-12)21-4-2/h5-8,13H,3-4,9-11H2,1-2H3,(H,16,18). The predicted molar refractivity (Wildman–Crippen MR) is 86.1 cm³/mol. The van der Waals surface area contributed by atoms with Crippen molar-refractivity contribution >= 4 is 21.6 Å². The Morgan fingerprint density at radius 3 is 2.50 bits per heavy atom. The van der Waals surface area contributed by atoms with Crippen LogP contribution < -0.4 is 10.1 Å². The molecule has 22 heavy (non-hydrogen) atoms. The lowest BCUT2D eigenvalue weighted by Crippen LogP contribution is -2.43. The summed E-state index contributed by atoms with van der Waals surface area (Å²) in [6.45, 7) is 4.82. The van der Waals surface area contributed by atoms with Crippen LogP contribution in [0.5, 0.6) is 5.75 Å². The zero-order valence-corrected chi connectivity index (χ0v) is 13.7. The molecule has 6 nitrogen and oxygen atoms in total. The van der Waals surface area contributed by atoms with Crippen molar-refractivity contribution in [1.29, 1.82) is 0 Å². The van der Waals surface area contributed by atoms with Crippen LogP contribution in [0.2, 0.25) is 0 Å². The number of urea groups is 1. The highest BCUT2D eigenvalue weighted by molar-refractivity contribution is 7.91. The summed E-state index contributed by atoms with van der Waals surface area (Å²) in [5.74, 6) is 0.955. The summed E-state index contributed by atoms with van der Waals surface area (Å²) in [7, 11) is -3.01. The molecule has 0 radical (unpaired) electrons. The van der Waals surface area contributed by atoms with Gasteiger partial charge in [-0.2, -0.15) is 0 Å². The number of amides is 2. The topological polar surface area (TPSA) is 75.7 Å². The third-order valence-electron chi connectivity index (χ3n) is 3.67. The Hall–Kier alpha value is -1.76. The third-order valence-corrected chi connectivity index (χ3v) is 5.42. The van der Waals surface area contributed by atoms with Crippen molar-refractivity contribution in [3.05, 3.63) is 24.3 Å². The quantitative estimate of drug-likeness (QED) is 0.899. The molecular weight excluding hydrogens is 304 g/mol. The van der Waals surface area contributed by atoms with Gasteiger partial charge in [0.25, 0.3) is 0 Å². The molecule has 1 fully saturated rings. The maximum Gasteiger partial charge on any atom is 0.322 e. The summed E-state index contributed by atoms with van der Waals surface area (Å²) in [6.07, 6.45) is 0.507. The minimum absolute atomic E-state index is 0.0531. The monoisotopic (exact) mass is 326 g/mol. The first-order valence-electron chi connectivity index (χ1n) is 7.46. The minimum atomic E-state index is -3.01. The van der Waals surface area contributed by atoms with E-state index in [0.717, 1.165) is 5.75 Å². The van der Waals surface area contributed by atoms with E-state index in [4.69, 9.17) is 4.74 Å². The number of benzene rings is 1. The van der Waals surface area contributed by atoms with Crippen molar-refractivity contribution in [1.82, 2.24) is 4.90 Å². The zero-order valence-electron chi connectivity index (χ0n) is 12.9. The number of anilines is 1. The largest absolute Gasteiger partial charge is 0.494 e. The first-order chi connectivity index (χ1) is 10.4. The van der Waals surface area contributed by atoms with E-state index in [1.54, 1.807) is 29.2 Å². The van der Waals surface area contributed by atoms with Gasteiger partial charge in [0.1, 0.15) is 5.75 Å². The molecule has 0 spiro atoms. The van der Waals surface area contributed by atoms with Crippen LogP contribution in [0.3, 0.4) is 0 Å². The molecule has 0 aliphatic carbocycles. The number of carbonyl (C=O) groups is 1. The molecule has 122 valence electrons. The molecular formula is C15H22N2O4S. The van der Waals surface area contributed by atoms with E-state index in [1.807, 2.05) is 13.8 Å². The number of ether oxygens (including phenoxy) is 1. The first kappa shape index (κ1) is 16.6. The lowest BCUT2D eigenvalue weighted by molar-refractivity contribution is 0.197. The normalized spacial score (nSPS) is 19.6. The highest BCUT2D eigenvalue weighted by atomic mass is 32.2. The number of nitrogens with zero attached hydrogens (tertiary/aromatic N) is 1. The van der Waals surface area contributed by atoms with Crippen LogP contribution in [0.4, 0.5) is 10.5 Å². The molecule has 1 aliphatic heterocycles. The maximum atomic E-state index is 12.3. The molecule has 0 aromatic heterocycles. The maximum absolute atomic E-state index is 12.3. The van der Waals surface area contributed by atoms with Crippen LogP contribution >= 0.6 is 0 Å². The van der Waals surface area contributed by atoms with Gasteiger partial charge in [0, 0.05) is 18.3 Å². The zero-order chi connectivity index (χ0) is 16.2. The van der Waals surface area contributed by atoms with E-state index in [0.29, 0.717) is 25.3 Å². The second kappa shape index (κ2) is 7.00. The molecule has 1 aromatic carbocycles. The lowest BCUT2D eigenvalue weighted by atomic mass is 10.2. The van der Waals surface area contributed by atoms with Crippen molar-refractivity contribution in [3.63, 3.8) is 0 Å². The van der Waals surface area contributed by atoms with Gasteiger partial charge in [0.2, 0.25) is 0 Å². The van der Waals surface area contributed by atoms with E-state index in [9.17, 15) is 13.2 Å². The van der Waals surface area contributed by atoms with E-state index in [-0.39, 0.29) is 23.6 Å². The molecule has 1 N–H and O–H groups in total.